The molecule has 1 heterocycles. The summed E-state index contributed by atoms with van der Waals surface area (Å²) in [7, 11) is -3.74. The van der Waals surface area contributed by atoms with Crippen molar-refractivity contribution in [3.63, 3.8) is 0 Å². The Hall–Kier alpha value is -2.00. The van der Waals surface area contributed by atoms with E-state index in [2.05, 4.69) is 4.72 Å². The first-order valence-electron chi connectivity index (χ1n) is 10.4. The molecule has 1 saturated heterocycles. The molecule has 2 fully saturated rings. The van der Waals surface area contributed by atoms with Crippen LogP contribution in [0.2, 0.25) is 0 Å². The third-order valence-corrected chi connectivity index (χ3v) is 7.55. The van der Waals surface area contributed by atoms with Crippen molar-refractivity contribution in [1.29, 1.82) is 0 Å². The number of nitrogens with zero attached hydrogens (tertiary/aromatic N) is 2. The summed E-state index contributed by atoms with van der Waals surface area (Å²) >= 11 is 0. The lowest BCUT2D eigenvalue weighted by molar-refractivity contribution is -0.384. The van der Waals surface area contributed by atoms with E-state index >= 15 is 0 Å². The number of nitro groups is 1. The van der Waals surface area contributed by atoms with Crippen molar-refractivity contribution < 1.29 is 18.1 Å². The smallest absolute Gasteiger partial charge is 0.269 e. The zero-order chi connectivity index (χ0) is 20.9. The zero-order valence-corrected chi connectivity index (χ0v) is 17.4. The first-order chi connectivity index (χ1) is 13.8. The molecule has 160 valence electrons. The molecule has 0 aromatic heterocycles. The molecule has 1 aromatic rings. The van der Waals surface area contributed by atoms with E-state index in [-0.39, 0.29) is 22.5 Å². The number of carbonyl (C=O) groups excluding carboxylic acids is 1. The number of carbonyl (C=O) groups is 1. The maximum Gasteiger partial charge on any atom is 0.269 e. The molecule has 1 aromatic carbocycles. The number of amides is 1. The fourth-order valence-electron chi connectivity index (χ4n) is 4.24. The number of benzene rings is 1. The molecule has 1 aliphatic carbocycles. The summed E-state index contributed by atoms with van der Waals surface area (Å²) in [5, 5.41) is 10.7. The van der Waals surface area contributed by atoms with Gasteiger partial charge in [0.2, 0.25) is 15.9 Å². The van der Waals surface area contributed by atoms with Crippen molar-refractivity contribution >= 4 is 21.6 Å². The lowest BCUT2D eigenvalue weighted by Crippen LogP contribution is -2.46. The maximum absolute atomic E-state index is 12.5. The van der Waals surface area contributed by atoms with Gasteiger partial charge in [-0.3, -0.25) is 14.9 Å². The van der Waals surface area contributed by atoms with Gasteiger partial charge in [0.15, 0.2) is 0 Å². The van der Waals surface area contributed by atoms with Gasteiger partial charge in [-0.15, -0.1) is 0 Å². The van der Waals surface area contributed by atoms with Crippen molar-refractivity contribution in [3.05, 3.63) is 34.4 Å². The SMILES string of the molecule is O=C(CCC1CCCCC1)N1CCC(NS(=O)(=O)c2ccc([N+](=O)[O-])cc2)CC1. The second kappa shape index (κ2) is 9.67. The van der Waals surface area contributed by atoms with E-state index in [0.717, 1.165) is 6.42 Å². The van der Waals surface area contributed by atoms with Gasteiger partial charge in [0, 0.05) is 37.7 Å². The van der Waals surface area contributed by atoms with Gasteiger partial charge >= 0.3 is 0 Å². The van der Waals surface area contributed by atoms with Crippen LogP contribution in [0.25, 0.3) is 0 Å². The molecule has 0 spiro atoms. The van der Waals surface area contributed by atoms with Gasteiger partial charge in [-0.2, -0.15) is 0 Å². The molecule has 9 heteroatoms. The lowest BCUT2D eigenvalue weighted by atomic mass is 9.86. The third-order valence-electron chi connectivity index (χ3n) is 6.02. The number of nitro benzene ring substituents is 1. The quantitative estimate of drug-likeness (QED) is 0.535. The summed E-state index contributed by atoms with van der Waals surface area (Å²) < 4.78 is 27.7. The second-order valence-corrected chi connectivity index (χ2v) is 9.78. The maximum atomic E-state index is 12.5. The summed E-state index contributed by atoms with van der Waals surface area (Å²) in [5.41, 5.74) is -0.149. The highest BCUT2D eigenvalue weighted by Crippen LogP contribution is 2.28. The number of piperidine rings is 1. The normalized spacial score (nSPS) is 19.2. The Bertz CT molecular complexity index is 811. The minimum atomic E-state index is -3.74. The standard InChI is InChI=1S/C20H29N3O5S/c24-20(11-6-16-4-2-1-3-5-16)22-14-12-17(13-15-22)21-29(27,28)19-9-7-18(8-10-19)23(25)26/h7-10,16-17,21H,1-6,11-15H2. The summed E-state index contributed by atoms with van der Waals surface area (Å²) in [6.45, 7) is 1.11. The van der Waals surface area contributed by atoms with Crippen molar-refractivity contribution in [1.82, 2.24) is 9.62 Å². The topological polar surface area (TPSA) is 110 Å². The van der Waals surface area contributed by atoms with Gasteiger partial charge in [0.25, 0.3) is 5.69 Å². The average molecular weight is 424 g/mol. The van der Waals surface area contributed by atoms with Gasteiger partial charge in [-0.1, -0.05) is 32.1 Å². The van der Waals surface area contributed by atoms with Crippen LogP contribution in [-0.2, 0) is 14.8 Å². The van der Waals surface area contributed by atoms with Crippen LogP contribution in [0, 0.1) is 16.0 Å². The zero-order valence-electron chi connectivity index (χ0n) is 16.6. The van der Waals surface area contributed by atoms with E-state index in [1.54, 1.807) is 0 Å². The minimum absolute atomic E-state index is 0.00841. The van der Waals surface area contributed by atoms with E-state index < -0.39 is 14.9 Å². The highest BCUT2D eigenvalue weighted by atomic mass is 32.2. The molecular formula is C20H29N3O5S. The number of likely N-dealkylation sites (tertiary alicyclic amines) is 1. The van der Waals surface area contributed by atoms with E-state index in [9.17, 15) is 23.3 Å². The molecule has 1 amide bonds. The molecule has 0 unspecified atom stereocenters. The fourth-order valence-corrected chi connectivity index (χ4v) is 5.55. The molecule has 1 aliphatic heterocycles. The van der Waals surface area contributed by atoms with Crippen LogP contribution in [0.1, 0.15) is 57.8 Å². The number of nitrogens with one attached hydrogen (secondary N) is 1. The highest BCUT2D eigenvalue weighted by Gasteiger charge is 2.27. The molecule has 2 aliphatic rings. The molecular weight excluding hydrogens is 394 g/mol. The number of hydrogen-bond acceptors (Lipinski definition) is 5. The van der Waals surface area contributed by atoms with E-state index in [1.165, 1.54) is 56.4 Å². The molecule has 0 bridgehead atoms. The van der Waals surface area contributed by atoms with Crippen LogP contribution in [0.5, 0.6) is 0 Å². The first kappa shape index (κ1) is 21.7. The van der Waals surface area contributed by atoms with E-state index in [4.69, 9.17) is 0 Å². The summed E-state index contributed by atoms with van der Waals surface area (Å²) in [6.07, 6.45) is 9.03. The predicted molar refractivity (Wildman–Crippen MR) is 109 cm³/mol. The predicted octanol–water partition coefficient (Wildman–Crippen LogP) is 3.22. The van der Waals surface area contributed by atoms with Gasteiger partial charge in [0.1, 0.15) is 0 Å². The second-order valence-electron chi connectivity index (χ2n) is 8.07. The Morgan fingerprint density at radius 1 is 1.07 bits per heavy atom. The Labute approximate surface area is 171 Å². The van der Waals surface area contributed by atoms with Crippen LogP contribution in [0.4, 0.5) is 5.69 Å². The Morgan fingerprint density at radius 2 is 1.69 bits per heavy atom. The summed E-state index contributed by atoms with van der Waals surface area (Å²) in [4.78, 5) is 24.5. The van der Waals surface area contributed by atoms with Crippen LogP contribution in [0.15, 0.2) is 29.2 Å². The van der Waals surface area contributed by atoms with Crippen molar-refractivity contribution in [2.24, 2.45) is 5.92 Å². The Balaban J connectivity index is 1.46. The first-order valence-corrected chi connectivity index (χ1v) is 11.9. The molecule has 8 nitrogen and oxygen atoms in total. The number of sulfonamides is 1. The third kappa shape index (κ3) is 5.99. The molecule has 1 saturated carbocycles. The summed E-state index contributed by atoms with van der Waals surface area (Å²) in [6, 6.07) is 4.61. The Morgan fingerprint density at radius 3 is 2.28 bits per heavy atom. The largest absolute Gasteiger partial charge is 0.343 e. The molecule has 0 radical (unpaired) electrons. The Kier molecular flexibility index (Phi) is 7.23. The van der Waals surface area contributed by atoms with Crippen molar-refractivity contribution in [2.45, 2.75) is 68.7 Å². The van der Waals surface area contributed by atoms with Gasteiger partial charge in [-0.05, 0) is 37.3 Å². The summed E-state index contributed by atoms with van der Waals surface area (Å²) in [5.74, 6) is 0.853. The van der Waals surface area contributed by atoms with Crippen molar-refractivity contribution in [2.75, 3.05) is 13.1 Å². The molecule has 1 N–H and O–H groups in total. The van der Waals surface area contributed by atoms with Crippen LogP contribution < -0.4 is 4.72 Å². The molecule has 0 atom stereocenters. The van der Waals surface area contributed by atoms with E-state index in [0.29, 0.717) is 38.3 Å². The van der Waals surface area contributed by atoms with Gasteiger partial charge < -0.3 is 4.90 Å². The van der Waals surface area contributed by atoms with Gasteiger partial charge in [0.05, 0.1) is 9.82 Å². The van der Waals surface area contributed by atoms with E-state index in [1.807, 2.05) is 4.90 Å². The number of rotatable bonds is 7. The molecule has 3 rings (SSSR count). The minimum Gasteiger partial charge on any atom is -0.343 e. The fraction of sp³-hybridized carbons (Fsp3) is 0.650. The van der Waals surface area contributed by atoms with Crippen LogP contribution in [-0.4, -0.2) is 43.3 Å². The van der Waals surface area contributed by atoms with Crippen molar-refractivity contribution in [3.8, 4) is 0 Å². The van der Waals surface area contributed by atoms with Crippen LogP contribution >= 0.6 is 0 Å². The molecule has 29 heavy (non-hydrogen) atoms. The van der Waals surface area contributed by atoms with Gasteiger partial charge in [-0.25, -0.2) is 13.1 Å². The van der Waals surface area contributed by atoms with Crippen LogP contribution in [0.3, 0.4) is 0 Å². The monoisotopic (exact) mass is 423 g/mol. The highest BCUT2D eigenvalue weighted by molar-refractivity contribution is 7.89. The number of hydrogen-bond donors (Lipinski definition) is 1. The lowest BCUT2D eigenvalue weighted by Gasteiger charge is -2.32. The number of non-ortho nitro benzene ring substituents is 1. The average Bonchev–Trinajstić information content (AvgIpc) is 2.73.